The minimum atomic E-state index is -4.49. The molecule has 0 bridgehead atoms. The molecule has 134 valence electrons. The number of anilines is 1. The highest BCUT2D eigenvalue weighted by molar-refractivity contribution is 5.94. The van der Waals surface area contributed by atoms with Crippen molar-refractivity contribution in [1.29, 1.82) is 5.26 Å². The molecule has 2 aromatic rings. The lowest BCUT2D eigenvalue weighted by atomic mass is 10.1. The van der Waals surface area contributed by atoms with Gasteiger partial charge < -0.3 is 9.80 Å². The number of alkyl halides is 3. The standard InChI is InChI=1S/C18H15F3N4O/c19-18(20,21)15-3-4-16(14(10-15)11-22)24-6-8-25(9-7-24)17(26)13-2-1-5-23-12-13/h1-5,10,12H,6-9H2. The summed E-state index contributed by atoms with van der Waals surface area (Å²) in [5, 5.41) is 9.21. The van der Waals surface area contributed by atoms with E-state index in [1.807, 2.05) is 11.0 Å². The molecule has 1 aromatic carbocycles. The van der Waals surface area contributed by atoms with Gasteiger partial charge in [0, 0.05) is 38.6 Å². The Morgan fingerprint density at radius 3 is 2.46 bits per heavy atom. The van der Waals surface area contributed by atoms with Crippen LogP contribution in [0.4, 0.5) is 18.9 Å². The third-order valence-corrected chi connectivity index (χ3v) is 4.26. The van der Waals surface area contributed by atoms with E-state index in [0.717, 1.165) is 12.1 Å². The van der Waals surface area contributed by atoms with Crippen LogP contribution in [0.2, 0.25) is 0 Å². The molecule has 0 atom stereocenters. The lowest BCUT2D eigenvalue weighted by Crippen LogP contribution is -2.49. The molecule has 0 spiro atoms. The zero-order valence-corrected chi connectivity index (χ0v) is 13.7. The Labute approximate surface area is 148 Å². The van der Waals surface area contributed by atoms with Gasteiger partial charge in [-0.2, -0.15) is 18.4 Å². The summed E-state index contributed by atoms with van der Waals surface area (Å²) in [6, 6.07) is 8.36. The molecule has 1 aliphatic rings. The summed E-state index contributed by atoms with van der Waals surface area (Å²) in [5.41, 5.74) is 0.0808. The average Bonchev–Trinajstić information content (AvgIpc) is 2.67. The fourth-order valence-electron chi connectivity index (χ4n) is 2.90. The van der Waals surface area contributed by atoms with Crippen LogP contribution >= 0.6 is 0 Å². The van der Waals surface area contributed by atoms with Gasteiger partial charge >= 0.3 is 6.18 Å². The first-order valence-electron chi connectivity index (χ1n) is 7.96. The molecule has 0 saturated carbocycles. The van der Waals surface area contributed by atoms with Crippen LogP contribution in [-0.4, -0.2) is 42.0 Å². The van der Waals surface area contributed by atoms with Gasteiger partial charge in [-0.15, -0.1) is 0 Å². The third kappa shape index (κ3) is 3.61. The minimum Gasteiger partial charge on any atom is -0.367 e. The summed E-state index contributed by atoms with van der Waals surface area (Å²) in [6.45, 7) is 1.71. The Morgan fingerprint density at radius 1 is 1.15 bits per heavy atom. The largest absolute Gasteiger partial charge is 0.416 e. The van der Waals surface area contributed by atoms with E-state index in [1.165, 1.54) is 12.3 Å². The maximum atomic E-state index is 12.8. The summed E-state index contributed by atoms with van der Waals surface area (Å²) in [6.07, 6.45) is -1.40. The number of rotatable bonds is 2. The van der Waals surface area contributed by atoms with Crippen LogP contribution in [-0.2, 0) is 6.18 Å². The van der Waals surface area contributed by atoms with Gasteiger partial charge in [-0.3, -0.25) is 9.78 Å². The Morgan fingerprint density at radius 2 is 1.88 bits per heavy atom. The van der Waals surface area contributed by atoms with Gasteiger partial charge in [0.1, 0.15) is 6.07 Å². The lowest BCUT2D eigenvalue weighted by molar-refractivity contribution is -0.137. The first kappa shape index (κ1) is 17.7. The SMILES string of the molecule is N#Cc1cc(C(F)(F)F)ccc1N1CCN(C(=O)c2cccnc2)CC1. The monoisotopic (exact) mass is 360 g/mol. The molecule has 3 rings (SSSR count). The zero-order chi connectivity index (χ0) is 18.7. The summed E-state index contributed by atoms with van der Waals surface area (Å²) in [7, 11) is 0. The first-order chi connectivity index (χ1) is 12.4. The van der Waals surface area contributed by atoms with Crippen molar-refractivity contribution in [3.05, 3.63) is 59.4 Å². The van der Waals surface area contributed by atoms with Crippen LogP contribution in [0.15, 0.2) is 42.7 Å². The van der Waals surface area contributed by atoms with Crippen LogP contribution in [0.5, 0.6) is 0 Å². The van der Waals surface area contributed by atoms with Crippen molar-refractivity contribution in [1.82, 2.24) is 9.88 Å². The van der Waals surface area contributed by atoms with E-state index in [1.54, 1.807) is 23.2 Å². The number of carbonyl (C=O) groups is 1. The van der Waals surface area contributed by atoms with E-state index in [2.05, 4.69) is 4.98 Å². The zero-order valence-electron chi connectivity index (χ0n) is 13.7. The van der Waals surface area contributed by atoms with Crippen molar-refractivity contribution in [2.45, 2.75) is 6.18 Å². The van der Waals surface area contributed by atoms with Crippen molar-refractivity contribution in [3.8, 4) is 6.07 Å². The molecular weight excluding hydrogens is 345 g/mol. The molecular formula is C18H15F3N4O. The van der Waals surface area contributed by atoms with Gasteiger partial charge in [0.2, 0.25) is 0 Å². The van der Waals surface area contributed by atoms with E-state index in [4.69, 9.17) is 0 Å². The minimum absolute atomic E-state index is 0.0214. The number of aromatic nitrogens is 1. The molecule has 0 aliphatic carbocycles. The molecule has 0 radical (unpaired) electrons. The quantitative estimate of drug-likeness (QED) is 0.826. The number of benzene rings is 1. The molecule has 1 amide bonds. The molecule has 1 aromatic heterocycles. The number of amides is 1. The average molecular weight is 360 g/mol. The maximum absolute atomic E-state index is 12.8. The van der Waals surface area contributed by atoms with E-state index < -0.39 is 11.7 Å². The first-order valence-corrected chi connectivity index (χ1v) is 7.96. The number of halogens is 3. The molecule has 5 nitrogen and oxygen atoms in total. The normalized spacial score (nSPS) is 14.8. The molecule has 8 heteroatoms. The van der Waals surface area contributed by atoms with Crippen molar-refractivity contribution in [2.75, 3.05) is 31.1 Å². The van der Waals surface area contributed by atoms with Gasteiger partial charge in [-0.1, -0.05) is 0 Å². The number of pyridine rings is 1. The highest BCUT2D eigenvalue weighted by atomic mass is 19.4. The van der Waals surface area contributed by atoms with Gasteiger partial charge in [0.25, 0.3) is 5.91 Å². The van der Waals surface area contributed by atoms with E-state index in [0.29, 0.717) is 37.4 Å². The number of nitriles is 1. The number of hydrogen-bond acceptors (Lipinski definition) is 4. The fourth-order valence-corrected chi connectivity index (χ4v) is 2.90. The van der Waals surface area contributed by atoms with Crippen molar-refractivity contribution in [3.63, 3.8) is 0 Å². The summed E-state index contributed by atoms with van der Waals surface area (Å²) >= 11 is 0. The highest BCUT2D eigenvalue weighted by Gasteiger charge is 2.32. The Hall–Kier alpha value is -3.08. The molecule has 0 unspecified atom stereocenters. The molecule has 26 heavy (non-hydrogen) atoms. The Kier molecular flexibility index (Phi) is 4.80. The number of carbonyl (C=O) groups excluding carboxylic acids is 1. The number of nitrogens with zero attached hydrogens (tertiary/aromatic N) is 4. The molecule has 2 heterocycles. The second kappa shape index (κ2) is 7.04. The van der Waals surface area contributed by atoms with Crippen molar-refractivity contribution in [2.24, 2.45) is 0 Å². The number of piperazine rings is 1. The van der Waals surface area contributed by atoms with Crippen LogP contribution in [0.3, 0.4) is 0 Å². The van der Waals surface area contributed by atoms with E-state index in [-0.39, 0.29) is 11.5 Å². The van der Waals surface area contributed by atoms with Gasteiger partial charge in [0.15, 0.2) is 0 Å². The fraction of sp³-hybridized carbons (Fsp3) is 0.278. The topological polar surface area (TPSA) is 60.2 Å². The Balaban J connectivity index is 1.72. The maximum Gasteiger partial charge on any atom is 0.416 e. The summed E-state index contributed by atoms with van der Waals surface area (Å²) in [5.74, 6) is -0.134. The molecule has 0 N–H and O–H groups in total. The second-order valence-electron chi connectivity index (χ2n) is 5.86. The second-order valence-corrected chi connectivity index (χ2v) is 5.86. The smallest absolute Gasteiger partial charge is 0.367 e. The highest BCUT2D eigenvalue weighted by Crippen LogP contribution is 2.33. The number of hydrogen-bond donors (Lipinski definition) is 0. The molecule has 1 saturated heterocycles. The Bertz CT molecular complexity index is 838. The molecule has 1 aliphatic heterocycles. The van der Waals surface area contributed by atoms with Gasteiger partial charge in [-0.25, -0.2) is 0 Å². The molecule has 1 fully saturated rings. The van der Waals surface area contributed by atoms with Gasteiger partial charge in [0.05, 0.1) is 22.4 Å². The third-order valence-electron chi connectivity index (χ3n) is 4.26. The lowest BCUT2D eigenvalue weighted by Gasteiger charge is -2.36. The predicted molar refractivity (Wildman–Crippen MR) is 88.5 cm³/mol. The van der Waals surface area contributed by atoms with Gasteiger partial charge in [-0.05, 0) is 30.3 Å². The van der Waals surface area contributed by atoms with E-state index in [9.17, 15) is 23.2 Å². The van der Waals surface area contributed by atoms with Crippen molar-refractivity contribution >= 4 is 11.6 Å². The summed E-state index contributed by atoms with van der Waals surface area (Å²) < 4.78 is 38.4. The van der Waals surface area contributed by atoms with Crippen LogP contribution in [0, 0.1) is 11.3 Å². The summed E-state index contributed by atoms with van der Waals surface area (Å²) in [4.78, 5) is 19.8. The van der Waals surface area contributed by atoms with Crippen molar-refractivity contribution < 1.29 is 18.0 Å². The van der Waals surface area contributed by atoms with E-state index >= 15 is 0 Å². The van der Waals surface area contributed by atoms with Crippen LogP contribution < -0.4 is 4.90 Å². The van der Waals surface area contributed by atoms with Crippen LogP contribution in [0.1, 0.15) is 21.5 Å². The van der Waals surface area contributed by atoms with Crippen LogP contribution in [0.25, 0.3) is 0 Å². The predicted octanol–water partition coefficient (Wildman–Crippen LogP) is 2.93.